The van der Waals surface area contributed by atoms with Crippen molar-refractivity contribution in [3.8, 4) is 5.75 Å². The third kappa shape index (κ3) is 2.66. The minimum Gasteiger partial charge on any atom is -0.493 e. The lowest BCUT2D eigenvalue weighted by Crippen LogP contribution is -2.35. The van der Waals surface area contributed by atoms with E-state index < -0.39 is 5.60 Å². The first-order valence-electron chi connectivity index (χ1n) is 5.67. The molecule has 0 fully saturated rings. The number of ether oxygens (including phenoxy) is 2. The summed E-state index contributed by atoms with van der Waals surface area (Å²) in [5.74, 6) is 0.372. The Morgan fingerprint density at radius 1 is 1.47 bits per heavy atom. The van der Waals surface area contributed by atoms with Gasteiger partial charge in [-0.05, 0) is 20.3 Å². The average Bonchev–Trinajstić information content (AvgIpc) is 2.71. The first-order valence-corrected chi connectivity index (χ1v) is 5.67. The van der Waals surface area contributed by atoms with E-state index in [1.54, 1.807) is 24.7 Å². The molecular formula is C12H20N2O3. The van der Waals surface area contributed by atoms with E-state index in [1.165, 1.54) is 14.2 Å². The van der Waals surface area contributed by atoms with Crippen LogP contribution in [0.15, 0.2) is 6.20 Å². The number of carbonyl (C=O) groups excluding carboxylic acids is 1. The highest BCUT2D eigenvalue weighted by atomic mass is 16.5. The van der Waals surface area contributed by atoms with Gasteiger partial charge in [0.1, 0.15) is 11.3 Å². The van der Waals surface area contributed by atoms with Crippen LogP contribution in [0.4, 0.5) is 0 Å². The van der Waals surface area contributed by atoms with E-state index in [4.69, 9.17) is 9.47 Å². The number of nitrogens with zero attached hydrogens (tertiary/aromatic N) is 2. The summed E-state index contributed by atoms with van der Waals surface area (Å²) in [6, 6.07) is 0. The Morgan fingerprint density at radius 2 is 2.12 bits per heavy atom. The molecule has 0 aliphatic carbocycles. The van der Waals surface area contributed by atoms with Crippen LogP contribution >= 0.6 is 0 Å². The number of Topliss-reactive ketones (excluding diaryl/α,β-unsaturated/α-hetero) is 1. The van der Waals surface area contributed by atoms with Gasteiger partial charge in [0.05, 0.1) is 13.3 Å². The Bertz CT molecular complexity index is 396. The zero-order valence-corrected chi connectivity index (χ0v) is 11.1. The van der Waals surface area contributed by atoms with E-state index in [9.17, 15) is 4.79 Å². The van der Waals surface area contributed by atoms with Gasteiger partial charge in [0.15, 0.2) is 5.75 Å². The maximum absolute atomic E-state index is 12.4. The van der Waals surface area contributed by atoms with Gasteiger partial charge in [-0.3, -0.25) is 9.48 Å². The molecule has 0 saturated heterocycles. The van der Waals surface area contributed by atoms with Crippen LogP contribution in [0.1, 0.15) is 37.7 Å². The quantitative estimate of drug-likeness (QED) is 0.713. The molecule has 17 heavy (non-hydrogen) atoms. The molecule has 1 aromatic heterocycles. The molecule has 0 saturated carbocycles. The van der Waals surface area contributed by atoms with Crippen LogP contribution in [0.2, 0.25) is 0 Å². The second kappa shape index (κ2) is 5.31. The standard InChI is InChI=1S/C12H20N2O3/c1-6-7-14-10(9(16-4)8-13-14)11(15)12(2,3)17-5/h8H,6-7H2,1-5H3. The van der Waals surface area contributed by atoms with Gasteiger partial charge in [-0.15, -0.1) is 0 Å². The van der Waals surface area contributed by atoms with Gasteiger partial charge in [-0.25, -0.2) is 0 Å². The van der Waals surface area contributed by atoms with Crippen LogP contribution < -0.4 is 4.74 Å². The number of hydrogen-bond donors (Lipinski definition) is 0. The molecule has 0 bridgehead atoms. The zero-order chi connectivity index (χ0) is 13.1. The van der Waals surface area contributed by atoms with Crippen molar-refractivity contribution in [2.75, 3.05) is 14.2 Å². The molecule has 5 heteroatoms. The van der Waals surface area contributed by atoms with Gasteiger partial charge in [0.2, 0.25) is 5.78 Å². The second-order valence-electron chi connectivity index (χ2n) is 4.33. The van der Waals surface area contributed by atoms with E-state index in [1.807, 2.05) is 6.92 Å². The van der Waals surface area contributed by atoms with Crippen LogP contribution in [0, 0.1) is 0 Å². The normalized spacial score (nSPS) is 11.6. The fourth-order valence-corrected chi connectivity index (χ4v) is 1.51. The largest absolute Gasteiger partial charge is 0.493 e. The Morgan fingerprint density at radius 3 is 2.59 bits per heavy atom. The highest BCUT2D eigenvalue weighted by Crippen LogP contribution is 2.24. The molecule has 0 aromatic carbocycles. The number of carbonyl (C=O) groups is 1. The fourth-order valence-electron chi connectivity index (χ4n) is 1.51. The lowest BCUT2D eigenvalue weighted by atomic mass is 10.0. The fraction of sp³-hybridized carbons (Fsp3) is 0.667. The summed E-state index contributed by atoms with van der Waals surface area (Å²) in [5, 5.41) is 4.16. The van der Waals surface area contributed by atoms with Gasteiger partial charge in [0.25, 0.3) is 0 Å². The maximum Gasteiger partial charge on any atom is 0.215 e. The molecule has 0 aliphatic heterocycles. The van der Waals surface area contributed by atoms with Gasteiger partial charge in [0, 0.05) is 13.7 Å². The number of methoxy groups -OCH3 is 2. The number of hydrogen-bond acceptors (Lipinski definition) is 4. The van der Waals surface area contributed by atoms with Gasteiger partial charge in [-0.1, -0.05) is 6.92 Å². The minimum atomic E-state index is -0.876. The van der Waals surface area contributed by atoms with E-state index in [-0.39, 0.29) is 5.78 Å². The molecule has 0 atom stereocenters. The summed E-state index contributed by atoms with van der Waals surface area (Å²) in [5.41, 5.74) is -0.403. The van der Waals surface area contributed by atoms with Crippen LogP contribution in [-0.2, 0) is 11.3 Å². The lowest BCUT2D eigenvalue weighted by Gasteiger charge is -2.22. The van der Waals surface area contributed by atoms with E-state index in [0.29, 0.717) is 18.0 Å². The molecule has 0 N–H and O–H groups in total. The second-order valence-corrected chi connectivity index (χ2v) is 4.33. The topological polar surface area (TPSA) is 53.4 Å². The van der Waals surface area contributed by atoms with Crippen molar-refractivity contribution in [2.24, 2.45) is 0 Å². The predicted octanol–water partition coefficient (Wildman–Crippen LogP) is 1.91. The predicted molar refractivity (Wildman–Crippen MR) is 64.5 cm³/mol. The number of aromatic nitrogens is 2. The minimum absolute atomic E-state index is 0.122. The summed E-state index contributed by atoms with van der Waals surface area (Å²) in [4.78, 5) is 12.4. The summed E-state index contributed by atoms with van der Waals surface area (Å²) >= 11 is 0. The molecule has 96 valence electrons. The van der Waals surface area contributed by atoms with Gasteiger partial charge < -0.3 is 9.47 Å². The molecule has 0 radical (unpaired) electrons. The van der Waals surface area contributed by atoms with Crippen LogP contribution in [-0.4, -0.2) is 35.4 Å². The summed E-state index contributed by atoms with van der Waals surface area (Å²) < 4.78 is 12.1. The van der Waals surface area contributed by atoms with E-state index in [2.05, 4.69) is 5.10 Å². The smallest absolute Gasteiger partial charge is 0.215 e. The SMILES string of the molecule is CCCn1ncc(OC)c1C(=O)C(C)(C)OC. The summed E-state index contributed by atoms with van der Waals surface area (Å²) in [7, 11) is 3.05. The molecule has 0 amide bonds. The number of aryl methyl sites for hydroxylation is 1. The Hall–Kier alpha value is -1.36. The first kappa shape index (κ1) is 13.7. The van der Waals surface area contributed by atoms with Crippen LogP contribution in [0.3, 0.4) is 0 Å². The third-order valence-corrected chi connectivity index (χ3v) is 2.73. The van der Waals surface area contributed by atoms with Crippen molar-refractivity contribution < 1.29 is 14.3 Å². The van der Waals surface area contributed by atoms with Crippen LogP contribution in [0.5, 0.6) is 5.75 Å². The van der Waals surface area contributed by atoms with Gasteiger partial charge in [-0.2, -0.15) is 5.10 Å². The zero-order valence-electron chi connectivity index (χ0n) is 11.1. The average molecular weight is 240 g/mol. The Labute approximate surface area is 102 Å². The van der Waals surface area contributed by atoms with Crippen molar-refractivity contribution in [3.63, 3.8) is 0 Å². The Kier molecular flexibility index (Phi) is 4.28. The van der Waals surface area contributed by atoms with Crippen LogP contribution in [0.25, 0.3) is 0 Å². The van der Waals surface area contributed by atoms with Crippen molar-refractivity contribution >= 4 is 5.78 Å². The summed E-state index contributed by atoms with van der Waals surface area (Å²) in [6.45, 7) is 6.18. The molecule has 1 heterocycles. The molecule has 5 nitrogen and oxygen atoms in total. The molecule has 0 aliphatic rings. The molecule has 0 unspecified atom stereocenters. The molecular weight excluding hydrogens is 220 g/mol. The number of ketones is 1. The van der Waals surface area contributed by atoms with Gasteiger partial charge >= 0.3 is 0 Å². The number of rotatable bonds is 6. The van der Waals surface area contributed by atoms with Crippen molar-refractivity contribution in [1.29, 1.82) is 0 Å². The molecule has 1 aromatic rings. The summed E-state index contributed by atoms with van der Waals surface area (Å²) in [6.07, 6.45) is 2.47. The maximum atomic E-state index is 12.4. The molecule has 0 spiro atoms. The monoisotopic (exact) mass is 240 g/mol. The first-order chi connectivity index (χ1) is 7.97. The van der Waals surface area contributed by atoms with Crippen molar-refractivity contribution in [3.05, 3.63) is 11.9 Å². The lowest BCUT2D eigenvalue weighted by molar-refractivity contribution is 0.0216. The van der Waals surface area contributed by atoms with E-state index in [0.717, 1.165) is 6.42 Å². The highest BCUT2D eigenvalue weighted by molar-refractivity contribution is 6.02. The Balaban J connectivity index is 3.18. The van der Waals surface area contributed by atoms with Crippen molar-refractivity contribution in [1.82, 2.24) is 9.78 Å². The van der Waals surface area contributed by atoms with E-state index >= 15 is 0 Å². The highest BCUT2D eigenvalue weighted by Gasteiger charge is 2.33. The van der Waals surface area contributed by atoms with Crippen molar-refractivity contribution in [2.45, 2.75) is 39.3 Å². The third-order valence-electron chi connectivity index (χ3n) is 2.73. The molecule has 1 rings (SSSR count).